The number of pyridine rings is 1. The van der Waals surface area contributed by atoms with E-state index in [1.807, 2.05) is 35.2 Å². The zero-order valence-electron chi connectivity index (χ0n) is 13.8. The van der Waals surface area contributed by atoms with E-state index in [-0.39, 0.29) is 5.91 Å². The Kier molecular flexibility index (Phi) is 5.36. The van der Waals surface area contributed by atoms with E-state index in [2.05, 4.69) is 17.2 Å². The van der Waals surface area contributed by atoms with Gasteiger partial charge in [0.05, 0.1) is 10.7 Å². The molecule has 1 aromatic carbocycles. The van der Waals surface area contributed by atoms with Crippen LogP contribution in [0.2, 0.25) is 5.02 Å². The van der Waals surface area contributed by atoms with Gasteiger partial charge in [-0.15, -0.1) is 0 Å². The molecule has 0 radical (unpaired) electrons. The molecular formula is C19H22ClN3O. The van der Waals surface area contributed by atoms with Gasteiger partial charge >= 0.3 is 0 Å². The van der Waals surface area contributed by atoms with Crippen molar-refractivity contribution >= 4 is 28.9 Å². The minimum atomic E-state index is 0.0179. The van der Waals surface area contributed by atoms with Crippen molar-refractivity contribution in [3.05, 3.63) is 53.3 Å². The Hall–Kier alpha value is -2.07. The lowest BCUT2D eigenvalue weighted by Gasteiger charge is -2.35. The van der Waals surface area contributed by atoms with Crippen LogP contribution in [0.5, 0.6) is 0 Å². The van der Waals surface area contributed by atoms with Crippen LogP contribution in [-0.2, 0) is 0 Å². The molecule has 1 fully saturated rings. The molecule has 2 aromatic rings. The summed E-state index contributed by atoms with van der Waals surface area (Å²) in [6, 6.07) is 11.5. The number of carbonyl (C=O) groups excluding carboxylic acids is 1. The van der Waals surface area contributed by atoms with Gasteiger partial charge in [-0.05, 0) is 49.9 Å². The topological polar surface area (TPSA) is 45.2 Å². The number of piperidine rings is 1. The molecule has 24 heavy (non-hydrogen) atoms. The van der Waals surface area contributed by atoms with Crippen molar-refractivity contribution in [2.45, 2.75) is 38.6 Å². The van der Waals surface area contributed by atoms with Crippen LogP contribution in [0, 0.1) is 0 Å². The lowest BCUT2D eigenvalue weighted by atomic mass is 9.99. The molecule has 3 rings (SSSR count). The third kappa shape index (κ3) is 3.70. The fraction of sp³-hybridized carbons (Fsp3) is 0.368. The summed E-state index contributed by atoms with van der Waals surface area (Å²) >= 11 is 6.18. The maximum absolute atomic E-state index is 12.9. The molecule has 0 bridgehead atoms. The van der Waals surface area contributed by atoms with Crippen molar-refractivity contribution in [1.29, 1.82) is 0 Å². The maximum Gasteiger partial charge on any atom is 0.272 e. The molecule has 1 N–H and O–H groups in total. The average Bonchev–Trinajstić information content (AvgIpc) is 2.63. The number of amides is 1. The standard InChI is InChI=1S/C19H22ClN3O/c1-2-15-7-5-6-12-23(15)19(24)18-13-14(10-11-21-18)22-17-9-4-3-8-16(17)20/h3-4,8-11,13,15H,2,5-7,12H2,1H3,(H,21,22). The first-order valence-corrected chi connectivity index (χ1v) is 8.85. The van der Waals surface area contributed by atoms with Crippen LogP contribution in [0.25, 0.3) is 0 Å². The number of hydrogen-bond donors (Lipinski definition) is 1. The van der Waals surface area contributed by atoms with Gasteiger partial charge in [-0.25, -0.2) is 0 Å². The Labute approximate surface area is 147 Å². The van der Waals surface area contributed by atoms with Crippen molar-refractivity contribution in [2.75, 3.05) is 11.9 Å². The van der Waals surface area contributed by atoms with Gasteiger partial charge in [-0.3, -0.25) is 9.78 Å². The molecular weight excluding hydrogens is 322 g/mol. The molecule has 1 saturated heterocycles. The van der Waals surface area contributed by atoms with E-state index in [0.717, 1.165) is 37.2 Å². The Bertz CT molecular complexity index is 719. The SMILES string of the molecule is CCC1CCCCN1C(=O)c1cc(Nc2ccccc2Cl)ccn1. The smallest absolute Gasteiger partial charge is 0.272 e. The minimum absolute atomic E-state index is 0.0179. The second-order valence-electron chi connectivity index (χ2n) is 6.09. The fourth-order valence-electron chi connectivity index (χ4n) is 3.18. The highest BCUT2D eigenvalue weighted by molar-refractivity contribution is 6.33. The van der Waals surface area contributed by atoms with Crippen molar-refractivity contribution in [3.63, 3.8) is 0 Å². The number of nitrogens with zero attached hydrogens (tertiary/aromatic N) is 2. The van der Waals surface area contributed by atoms with Gasteiger partial charge in [0, 0.05) is 24.5 Å². The summed E-state index contributed by atoms with van der Waals surface area (Å²) in [6.07, 6.45) is 6.00. The van der Waals surface area contributed by atoms with Crippen LogP contribution < -0.4 is 5.32 Å². The number of benzene rings is 1. The number of anilines is 2. The molecule has 1 aliphatic heterocycles. The molecule has 4 nitrogen and oxygen atoms in total. The molecule has 5 heteroatoms. The lowest BCUT2D eigenvalue weighted by molar-refractivity contribution is 0.0602. The normalized spacial score (nSPS) is 17.6. The van der Waals surface area contributed by atoms with E-state index < -0.39 is 0 Å². The summed E-state index contributed by atoms with van der Waals surface area (Å²) < 4.78 is 0. The minimum Gasteiger partial charge on any atom is -0.354 e. The average molecular weight is 344 g/mol. The summed E-state index contributed by atoms with van der Waals surface area (Å²) in [6.45, 7) is 2.96. The van der Waals surface area contributed by atoms with Gasteiger partial charge in [0.25, 0.3) is 5.91 Å². The van der Waals surface area contributed by atoms with E-state index >= 15 is 0 Å². The monoisotopic (exact) mass is 343 g/mol. The highest BCUT2D eigenvalue weighted by Crippen LogP contribution is 2.26. The van der Waals surface area contributed by atoms with E-state index in [4.69, 9.17) is 11.6 Å². The number of carbonyl (C=O) groups is 1. The van der Waals surface area contributed by atoms with Gasteiger partial charge in [-0.1, -0.05) is 30.7 Å². The van der Waals surface area contributed by atoms with E-state index in [0.29, 0.717) is 16.8 Å². The highest BCUT2D eigenvalue weighted by Gasteiger charge is 2.26. The molecule has 1 aromatic heterocycles. The maximum atomic E-state index is 12.9. The summed E-state index contributed by atoms with van der Waals surface area (Å²) in [5, 5.41) is 3.90. The van der Waals surface area contributed by atoms with Gasteiger partial charge in [0.2, 0.25) is 0 Å². The highest BCUT2D eigenvalue weighted by atomic mass is 35.5. The van der Waals surface area contributed by atoms with Crippen LogP contribution in [-0.4, -0.2) is 28.4 Å². The van der Waals surface area contributed by atoms with Crippen LogP contribution >= 0.6 is 11.6 Å². The molecule has 1 atom stereocenters. The molecule has 1 amide bonds. The Morgan fingerprint density at radius 1 is 1.33 bits per heavy atom. The number of likely N-dealkylation sites (tertiary alicyclic amines) is 1. The first-order chi connectivity index (χ1) is 11.7. The molecule has 126 valence electrons. The summed E-state index contributed by atoms with van der Waals surface area (Å²) in [4.78, 5) is 19.1. The van der Waals surface area contributed by atoms with Crippen LogP contribution in [0.1, 0.15) is 43.1 Å². The summed E-state index contributed by atoms with van der Waals surface area (Å²) in [7, 11) is 0. The van der Waals surface area contributed by atoms with Gasteiger partial charge in [0.1, 0.15) is 5.69 Å². The largest absolute Gasteiger partial charge is 0.354 e. The number of hydrogen-bond acceptors (Lipinski definition) is 3. The molecule has 0 spiro atoms. The predicted octanol–water partition coefficient (Wildman–Crippen LogP) is 4.88. The third-order valence-electron chi connectivity index (χ3n) is 4.49. The molecule has 0 saturated carbocycles. The summed E-state index contributed by atoms with van der Waals surface area (Å²) in [5.74, 6) is 0.0179. The number of nitrogens with one attached hydrogen (secondary N) is 1. The first-order valence-electron chi connectivity index (χ1n) is 8.47. The first kappa shape index (κ1) is 16.8. The van der Waals surface area contributed by atoms with Crippen molar-refractivity contribution in [3.8, 4) is 0 Å². The predicted molar refractivity (Wildman–Crippen MR) is 97.9 cm³/mol. The molecule has 2 heterocycles. The zero-order chi connectivity index (χ0) is 16.9. The molecule has 1 aliphatic rings. The van der Waals surface area contributed by atoms with Crippen molar-refractivity contribution in [1.82, 2.24) is 9.88 Å². The van der Waals surface area contributed by atoms with Crippen molar-refractivity contribution in [2.24, 2.45) is 0 Å². The quantitative estimate of drug-likeness (QED) is 0.860. The van der Waals surface area contributed by atoms with Crippen LogP contribution in [0.15, 0.2) is 42.6 Å². The number of halogens is 1. The number of para-hydroxylation sites is 1. The fourth-order valence-corrected chi connectivity index (χ4v) is 3.37. The number of aromatic nitrogens is 1. The lowest BCUT2D eigenvalue weighted by Crippen LogP contribution is -2.43. The Morgan fingerprint density at radius 2 is 2.17 bits per heavy atom. The second-order valence-corrected chi connectivity index (χ2v) is 6.50. The Balaban J connectivity index is 1.79. The zero-order valence-corrected chi connectivity index (χ0v) is 14.6. The number of rotatable bonds is 4. The van der Waals surface area contributed by atoms with Gasteiger partial charge in [0.15, 0.2) is 0 Å². The van der Waals surface area contributed by atoms with Crippen LogP contribution in [0.3, 0.4) is 0 Å². The third-order valence-corrected chi connectivity index (χ3v) is 4.82. The molecule has 0 aliphatic carbocycles. The molecule has 1 unspecified atom stereocenters. The van der Waals surface area contributed by atoms with E-state index in [1.165, 1.54) is 6.42 Å². The van der Waals surface area contributed by atoms with E-state index in [9.17, 15) is 4.79 Å². The second kappa shape index (κ2) is 7.67. The van der Waals surface area contributed by atoms with E-state index in [1.54, 1.807) is 12.3 Å². The van der Waals surface area contributed by atoms with Gasteiger partial charge in [-0.2, -0.15) is 0 Å². The summed E-state index contributed by atoms with van der Waals surface area (Å²) in [5.41, 5.74) is 2.10. The van der Waals surface area contributed by atoms with Crippen LogP contribution in [0.4, 0.5) is 11.4 Å². The Morgan fingerprint density at radius 3 is 2.96 bits per heavy atom. The van der Waals surface area contributed by atoms with Crippen molar-refractivity contribution < 1.29 is 4.79 Å². The van der Waals surface area contributed by atoms with Gasteiger partial charge < -0.3 is 10.2 Å².